The van der Waals surface area contributed by atoms with Crippen LogP contribution in [0.4, 0.5) is 0 Å². The van der Waals surface area contributed by atoms with Gasteiger partial charge in [-0.25, -0.2) is 0 Å². The lowest BCUT2D eigenvalue weighted by Crippen LogP contribution is -2.05. The molecular weight excluding hydrogens is 372 g/mol. The molecule has 0 aliphatic heterocycles. The highest BCUT2D eigenvalue weighted by atomic mass is 32.2. The number of hydrogen-bond acceptors (Lipinski definition) is 6. The topological polar surface area (TPSA) is 69.9 Å². The van der Waals surface area contributed by atoms with Crippen molar-refractivity contribution in [2.24, 2.45) is 0 Å². The Bertz CT molecular complexity index is 1050. The van der Waals surface area contributed by atoms with Crippen LogP contribution in [0.5, 0.6) is 11.5 Å². The van der Waals surface area contributed by atoms with E-state index in [4.69, 9.17) is 4.74 Å². The Morgan fingerprint density at radius 1 is 0.857 bits per heavy atom. The van der Waals surface area contributed by atoms with Gasteiger partial charge in [0, 0.05) is 5.56 Å². The van der Waals surface area contributed by atoms with E-state index in [1.54, 1.807) is 28.9 Å². The number of tetrazole rings is 1. The monoisotopic (exact) mass is 388 g/mol. The molecule has 0 spiro atoms. The van der Waals surface area contributed by atoms with Gasteiger partial charge in [0.2, 0.25) is 5.16 Å². The maximum atomic E-state index is 12.5. The summed E-state index contributed by atoms with van der Waals surface area (Å²) in [7, 11) is 0. The van der Waals surface area contributed by atoms with Crippen molar-refractivity contribution in [2.45, 2.75) is 5.16 Å². The fraction of sp³-hybridized carbons (Fsp3) is 0.0476. The summed E-state index contributed by atoms with van der Waals surface area (Å²) in [6.45, 7) is 0. The van der Waals surface area contributed by atoms with E-state index in [0.717, 1.165) is 11.4 Å². The van der Waals surface area contributed by atoms with Gasteiger partial charge in [0.15, 0.2) is 5.78 Å². The molecule has 0 aliphatic carbocycles. The van der Waals surface area contributed by atoms with Crippen LogP contribution in [-0.4, -0.2) is 31.7 Å². The number of carbonyl (C=O) groups is 1. The van der Waals surface area contributed by atoms with Crippen LogP contribution in [0.15, 0.2) is 90.1 Å². The normalized spacial score (nSPS) is 10.6. The molecule has 1 aromatic heterocycles. The molecule has 6 nitrogen and oxygen atoms in total. The average molecular weight is 388 g/mol. The minimum absolute atomic E-state index is 0.00104. The predicted molar refractivity (Wildman–Crippen MR) is 107 cm³/mol. The third-order valence-electron chi connectivity index (χ3n) is 3.93. The summed E-state index contributed by atoms with van der Waals surface area (Å²) < 4.78 is 7.37. The van der Waals surface area contributed by atoms with Gasteiger partial charge in [-0.1, -0.05) is 48.2 Å². The Balaban J connectivity index is 1.39. The first-order chi connectivity index (χ1) is 13.8. The number of ketones is 1. The Morgan fingerprint density at radius 2 is 1.50 bits per heavy atom. The number of hydrogen-bond donors (Lipinski definition) is 0. The molecule has 4 rings (SSSR count). The minimum Gasteiger partial charge on any atom is -0.457 e. The number of Topliss-reactive ketones (excluding diaryl/α,β-unsaturated/α-hetero) is 1. The fourth-order valence-corrected chi connectivity index (χ4v) is 3.33. The molecule has 0 unspecified atom stereocenters. The third kappa shape index (κ3) is 4.27. The van der Waals surface area contributed by atoms with Crippen LogP contribution in [0, 0.1) is 0 Å². The van der Waals surface area contributed by atoms with Crippen molar-refractivity contribution in [2.75, 3.05) is 5.75 Å². The first-order valence-electron chi connectivity index (χ1n) is 8.62. The molecule has 0 fully saturated rings. The van der Waals surface area contributed by atoms with E-state index >= 15 is 0 Å². The zero-order valence-electron chi connectivity index (χ0n) is 14.8. The molecule has 4 aromatic rings. The van der Waals surface area contributed by atoms with Gasteiger partial charge < -0.3 is 4.74 Å². The minimum atomic E-state index is -0.00104. The Kier molecular flexibility index (Phi) is 5.44. The number of nitrogens with zero attached hydrogens (tertiary/aromatic N) is 4. The molecule has 0 saturated heterocycles. The third-order valence-corrected chi connectivity index (χ3v) is 4.85. The first-order valence-corrected chi connectivity index (χ1v) is 9.61. The smallest absolute Gasteiger partial charge is 0.214 e. The lowest BCUT2D eigenvalue weighted by molar-refractivity contribution is 0.102. The SMILES string of the molecule is O=C(CSc1nnnn1-c1ccccc1)c1ccc(Oc2ccccc2)cc1. The van der Waals surface area contributed by atoms with Crippen molar-refractivity contribution in [3.8, 4) is 17.2 Å². The van der Waals surface area contributed by atoms with Crippen LogP contribution in [0.2, 0.25) is 0 Å². The summed E-state index contributed by atoms with van der Waals surface area (Å²) in [5.74, 6) is 1.68. The highest BCUT2D eigenvalue weighted by Gasteiger charge is 2.13. The number of thioether (sulfide) groups is 1. The Labute approximate surface area is 166 Å². The van der Waals surface area contributed by atoms with Crippen LogP contribution in [0.25, 0.3) is 5.69 Å². The molecule has 3 aromatic carbocycles. The largest absolute Gasteiger partial charge is 0.457 e. The summed E-state index contributed by atoms with van der Waals surface area (Å²) in [6, 6.07) is 26.2. The van der Waals surface area contributed by atoms with E-state index in [9.17, 15) is 4.79 Å². The molecule has 0 saturated carbocycles. The van der Waals surface area contributed by atoms with Crippen LogP contribution < -0.4 is 4.74 Å². The van der Waals surface area contributed by atoms with E-state index in [1.807, 2.05) is 60.7 Å². The van der Waals surface area contributed by atoms with Crippen molar-refractivity contribution >= 4 is 17.5 Å². The lowest BCUT2D eigenvalue weighted by atomic mass is 10.1. The van der Waals surface area contributed by atoms with Crippen molar-refractivity contribution < 1.29 is 9.53 Å². The zero-order valence-corrected chi connectivity index (χ0v) is 15.6. The summed E-state index contributed by atoms with van der Waals surface area (Å²) in [6.07, 6.45) is 0. The van der Waals surface area contributed by atoms with Gasteiger partial charge in [0.1, 0.15) is 11.5 Å². The van der Waals surface area contributed by atoms with Gasteiger partial charge in [0.05, 0.1) is 11.4 Å². The summed E-state index contributed by atoms with van der Waals surface area (Å²) >= 11 is 1.30. The van der Waals surface area contributed by atoms with E-state index in [1.165, 1.54) is 11.8 Å². The lowest BCUT2D eigenvalue weighted by Gasteiger charge is -2.06. The number of benzene rings is 3. The maximum absolute atomic E-state index is 12.5. The van der Waals surface area contributed by atoms with Crippen LogP contribution in [-0.2, 0) is 0 Å². The summed E-state index contributed by atoms with van der Waals surface area (Å²) in [4.78, 5) is 12.5. The van der Waals surface area contributed by atoms with Crippen molar-refractivity contribution in [1.82, 2.24) is 20.2 Å². The molecule has 0 bridgehead atoms. The molecule has 7 heteroatoms. The average Bonchev–Trinajstić information content (AvgIpc) is 3.23. The van der Waals surface area contributed by atoms with Gasteiger partial charge >= 0.3 is 0 Å². The summed E-state index contributed by atoms with van der Waals surface area (Å²) in [5, 5.41) is 12.3. The highest BCUT2D eigenvalue weighted by Crippen LogP contribution is 2.23. The molecular formula is C21H16N4O2S. The zero-order chi connectivity index (χ0) is 19.2. The van der Waals surface area contributed by atoms with Crippen LogP contribution in [0.1, 0.15) is 10.4 Å². The Hall–Kier alpha value is -3.45. The second kappa shape index (κ2) is 8.49. The molecule has 0 radical (unpaired) electrons. The Morgan fingerprint density at radius 3 is 2.21 bits per heavy atom. The molecule has 0 amide bonds. The molecule has 1 heterocycles. The second-order valence-electron chi connectivity index (χ2n) is 5.86. The first kappa shape index (κ1) is 17.9. The second-order valence-corrected chi connectivity index (χ2v) is 6.80. The fourth-order valence-electron chi connectivity index (χ4n) is 2.55. The summed E-state index contributed by atoms with van der Waals surface area (Å²) in [5.41, 5.74) is 1.47. The highest BCUT2D eigenvalue weighted by molar-refractivity contribution is 7.99. The standard InChI is InChI=1S/C21H16N4O2S/c26-20(15-28-21-22-23-24-25(21)17-7-3-1-4-8-17)16-11-13-19(14-12-16)27-18-9-5-2-6-10-18/h1-14H,15H2. The number of para-hydroxylation sites is 2. The van der Waals surface area contributed by atoms with Gasteiger partial charge in [-0.3, -0.25) is 4.79 Å². The molecule has 0 aliphatic rings. The van der Waals surface area contributed by atoms with Crippen LogP contribution >= 0.6 is 11.8 Å². The quantitative estimate of drug-likeness (QED) is 0.345. The number of ether oxygens (including phenoxy) is 1. The van der Waals surface area contributed by atoms with Gasteiger partial charge in [-0.05, 0) is 59.0 Å². The van der Waals surface area contributed by atoms with E-state index in [0.29, 0.717) is 16.5 Å². The molecule has 0 atom stereocenters. The maximum Gasteiger partial charge on any atom is 0.214 e. The van der Waals surface area contributed by atoms with Crippen molar-refractivity contribution in [1.29, 1.82) is 0 Å². The number of carbonyl (C=O) groups excluding carboxylic acids is 1. The molecule has 138 valence electrons. The number of aromatic nitrogens is 4. The van der Waals surface area contributed by atoms with E-state index in [2.05, 4.69) is 15.5 Å². The van der Waals surface area contributed by atoms with Gasteiger partial charge in [-0.2, -0.15) is 4.68 Å². The number of rotatable bonds is 7. The predicted octanol–water partition coefficient (Wildman–Crippen LogP) is 4.43. The van der Waals surface area contributed by atoms with Crippen LogP contribution in [0.3, 0.4) is 0 Å². The van der Waals surface area contributed by atoms with E-state index < -0.39 is 0 Å². The van der Waals surface area contributed by atoms with Crippen molar-refractivity contribution in [3.05, 3.63) is 90.5 Å². The van der Waals surface area contributed by atoms with Gasteiger partial charge in [-0.15, -0.1) is 5.10 Å². The molecule has 0 N–H and O–H groups in total. The van der Waals surface area contributed by atoms with Crippen molar-refractivity contribution in [3.63, 3.8) is 0 Å². The van der Waals surface area contributed by atoms with E-state index in [-0.39, 0.29) is 11.5 Å². The van der Waals surface area contributed by atoms with Gasteiger partial charge in [0.25, 0.3) is 0 Å². The molecule has 28 heavy (non-hydrogen) atoms.